The summed E-state index contributed by atoms with van der Waals surface area (Å²) in [5.74, 6) is 0.290. The third-order valence-corrected chi connectivity index (χ3v) is 2.71. The molecule has 0 bridgehead atoms. The van der Waals surface area contributed by atoms with Crippen molar-refractivity contribution in [3.63, 3.8) is 0 Å². The molecule has 0 amide bonds. The van der Waals surface area contributed by atoms with Gasteiger partial charge in [-0.2, -0.15) is 0 Å². The molecule has 0 radical (unpaired) electrons. The fourth-order valence-corrected chi connectivity index (χ4v) is 1.72. The normalized spacial score (nSPS) is 10.2. The molecular weight excluding hydrogens is 198 g/mol. The molecule has 0 fully saturated rings. The number of Topliss-reactive ketones (excluding diaryl/α,β-unsaturated/α-hetero) is 1. The molecule has 0 atom stereocenters. The van der Waals surface area contributed by atoms with Crippen LogP contribution in [-0.2, 0) is 4.79 Å². The molecule has 0 aliphatic rings. The van der Waals surface area contributed by atoms with Crippen molar-refractivity contribution in [3.8, 4) is 0 Å². The van der Waals surface area contributed by atoms with Gasteiger partial charge in [0.25, 0.3) is 0 Å². The van der Waals surface area contributed by atoms with E-state index in [2.05, 4.69) is 43.1 Å². The molecule has 1 aromatic carbocycles. The van der Waals surface area contributed by atoms with Crippen molar-refractivity contribution in [2.75, 3.05) is 18.5 Å². The lowest BCUT2D eigenvalue weighted by molar-refractivity contribution is -0.117. The monoisotopic (exact) mass is 219 g/mol. The van der Waals surface area contributed by atoms with Crippen molar-refractivity contribution in [2.45, 2.75) is 33.1 Å². The highest BCUT2D eigenvalue weighted by Crippen LogP contribution is 2.14. The zero-order valence-corrected chi connectivity index (χ0v) is 10.5. The van der Waals surface area contributed by atoms with E-state index in [0.717, 1.165) is 19.4 Å². The van der Waals surface area contributed by atoms with Crippen LogP contribution in [-0.4, -0.2) is 19.4 Å². The quantitative estimate of drug-likeness (QED) is 0.685. The minimum absolute atomic E-state index is 0.290. The highest BCUT2D eigenvalue weighted by atomic mass is 16.1. The molecule has 0 aromatic heterocycles. The third kappa shape index (κ3) is 4.47. The number of nitrogens with zero attached hydrogens (tertiary/aromatic N) is 1. The largest absolute Gasteiger partial charge is 0.375 e. The second-order valence-electron chi connectivity index (χ2n) is 4.42. The first-order valence-electron chi connectivity index (χ1n) is 5.87. The lowest BCUT2D eigenvalue weighted by Crippen LogP contribution is -2.18. The van der Waals surface area contributed by atoms with Gasteiger partial charge in [0.1, 0.15) is 5.78 Å². The molecule has 0 N–H and O–H groups in total. The number of unbranched alkanes of at least 4 members (excludes halogenated alkanes) is 1. The summed E-state index contributed by atoms with van der Waals surface area (Å²) in [6, 6.07) is 8.49. The van der Waals surface area contributed by atoms with E-state index in [1.807, 2.05) is 0 Å². The van der Waals surface area contributed by atoms with Gasteiger partial charge in [-0.05, 0) is 44.4 Å². The van der Waals surface area contributed by atoms with Gasteiger partial charge in [-0.15, -0.1) is 0 Å². The van der Waals surface area contributed by atoms with Crippen LogP contribution < -0.4 is 4.90 Å². The van der Waals surface area contributed by atoms with Crippen LogP contribution in [0.25, 0.3) is 0 Å². The average Bonchev–Trinajstić information content (AvgIpc) is 2.24. The molecular formula is C14H21NO. The Bertz CT molecular complexity index is 346. The second-order valence-corrected chi connectivity index (χ2v) is 4.42. The van der Waals surface area contributed by atoms with Crippen molar-refractivity contribution in [3.05, 3.63) is 29.8 Å². The molecule has 2 nitrogen and oxygen atoms in total. The van der Waals surface area contributed by atoms with Gasteiger partial charge in [-0.25, -0.2) is 0 Å². The fourth-order valence-electron chi connectivity index (χ4n) is 1.72. The molecule has 16 heavy (non-hydrogen) atoms. The van der Waals surface area contributed by atoms with Gasteiger partial charge in [-0.1, -0.05) is 12.1 Å². The molecule has 88 valence electrons. The fraction of sp³-hybridized carbons (Fsp3) is 0.500. The summed E-state index contributed by atoms with van der Waals surface area (Å²) in [4.78, 5) is 13.0. The Labute approximate surface area is 98.3 Å². The van der Waals surface area contributed by atoms with Gasteiger partial charge in [0, 0.05) is 25.7 Å². The maximum Gasteiger partial charge on any atom is 0.129 e. The highest BCUT2D eigenvalue weighted by molar-refractivity contribution is 5.75. The molecule has 1 aromatic rings. The first-order valence-corrected chi connectivity index (χ1v) is 5.87. The summed E-state index contributed by atoms with van der Waals surface area (Å²) in [6.07, 6.45) is 2.77. The number of rotatable bonds is 6. The Morgan fingerprint density at radius 1 is 1.31 bits per heavy atom. The maximum absolute atomic E-state index is 10.8. The number of hydrogen-bond donors (Lipinski definition) is 0. The van der Waals surface area contributed by atoms with E-state index < -0.39 is 0 Å². The maximum atomic E-state index is 10.8. The molecule has 0 heterocycles. The summed E-state index contributed by atoms with van der Waals surface area (Å²) in [6.45, 7) is 4.77. The molecule has 1 rings (SSSR count). The van der Waals surface area contributed by atoms with Crippen molar-refractivity contribution in [2.24, 2.45) is 0 Å². The Morgan fingerprint density at radius 2 is 2.06 bits per heavy atom. The van der Waals surface area contributed by atoms with Crippen LogP contribution in [0.5, 0.6) is 0 Å². The van der Waals surface area contributed by atoms with E-state index in [9.17, 15) is 4.79 Å². The smallest absolute Gasteiger partial charge is 0.129 e. The van der Waals surface area contributed by atoms with E-state index in [-0.39, 0.29) is 0 Å². The molecule has 0 aliphatic carbocycles. The molecule has 0 aliphatic heterocycles. The molecule has 0 saturated carbocycles. The van der Waals surface area contributed by atoms with Gasteiger partial charge in [0.05, 0.1) is 0 Å². The van der Waals surface area contributed by atoms with Crippen LogP contribution >= 0.6 is 0 Å². The van der Waals surface area contributed by atoms with Gasteiger partial charge >= 0.3 is 0 Å². The molecule has 2 heteroatoms. The number of carbonyl (C=O) groups excluding carboxylic acids is 1. The van der Waals surface area contributed by atoms with Crippen molar-refractivity contribution in [1.29, 1.82) is 0 Å². The summed E-state index contributed by atoms with van der Waals surface area (Å²) < 4.78 is 0. The zero-order valence-electron chi connectivity index (χ0n) is 10.5. The van der Waals surface area contributed by atoms with E-state index in [1.54, 1.807) is 6.92 Å². The predicted molar refractivity (Wildman–Crippen MR) is 69.0 cm³/mol. The Balaban J connectivity index is 2.35. The summed E-state index contributed by atoms with van der Waals surface area (Å²) in [5, 5.41) is 0. The molecule has 0 unspecified atom stereocenters. The molecule has 0 spiro atoms. The molecule has 0 saturated heterocycles. The number of benzene rings is 1. The summed E-state index contributed by atoms with van der Waals surface area (Å²) in [5.41, 5.74) is 2.54. The Kier molecular flexibility index (Phi) is 5.03. The van der Waals surface area contributed by atoms with E-state index >= 15 is 0 Å². The van der Waals surface area contributed by atoms with Crippen LogP contribution in [0, 0.1) is 6.92 Å². The number of ketones is 1. The lowest BCUT2D eigenvalue weighted by atomic mass is 10.1. The number of anilines is 1. The van der Waals surface area contributed by atoms with E-state index in [1.165, 1.54) is 11.3 Å². The predicted octanol–water partition coefficient (Wildman–Crippen LogP) is 3.19. The number of aryl methyl sites for hydroxylation is 1. The van der Waals surface area contributed by atoms with Crippen LogP contribution in [0.3, 0.4) is 0 Å². The van der Waals surface area contributed by atoms with Crippen LogP contribution in [0.1, 0.15) is 31.7 Å². The Hall–Kier alpha value is -1.31. The average molecular weight is 219 g/mol. The van der Waals surface area contributed by atoms with Crippen LogP contribution in [0.15, 0.2) is 24.3 Å². The standard InChI is InChI=1S/C14H21NO/c1-12-7-6-9-14(11-12)15(3)10-5-4-8-13(2)16/h6-7,9,11H,4-5,8,10H2,1-3H3. The summed E-state index contributed by atoms with van der Waals surface area (Å²) >= 11 is 0. The van der Waals surface area contributed by atoms with Gasteiger partial charge in [0.15, 0.2) is 0 Å². The van der Waals surface area contributed by atoms with E-state index in [4.69, 9.17) is 0 Å². The Morgan fingerprint density at radius 3 is 2.69 bits per heavy atom. The van der Waals surface area contributed by atoms with Gasteiger partial charge < -0.3 is 9.69 Å². The zero-order chi connectivity index (χ0) is 12.0. The third-order valence-electron chi connectivity index (χ3n) is 2.71. The number of carbonyl (C=O) groups is 1. The summed E-state index contributed by atoms with van der Waals surface area (Å²) in [7, 11) is 2.10. The topological polar surface area (TPSA) is 20.3 Å². The highest BCUT2D eigenvalue weighted by Gasteiger charge is 2.01. The minimum atomic E-state index is 0.290. The first-order chi connectivity index (χ1) is 7.59. The second kappa shape index (κ2) is 6.31. The lowest BCUT2D eigenvalue weighted by Gasteiger charge is -2.19. The van der Waals surface area contributed by atoms with Crippen LogP contribution in [0.2, 0.25) is 0 Å². The number of hydrogen-bond acceptors (Lipinski definition) is 2. The first kappa shape index (κ1) is 12.8. The SMILES string of the molecule is CC(=O)CCCCN(C)c1cccc(C)c1. The van der Waals surface area contributed by atoms with Crippen molar-refractivity contribution >= 4 is 11.5 Å². The van der Waals surface area contributed by atoms with Gasteiger partial charge in [0.2, 0.25) is 0 Å². The van der Waals surface area contributed by atoms with Crippen molar-refractivity contribution < 1.29 is 4.79 Å². The van der Waals surface area contributed by atoms with Gasteiger partial charge in [-0.3, -0.25) is 0 Å². The van der Waals surface area contributed by atoms with Crippen molar-refractivity contribution in [1.82, 2.24) is 0 Å². The minimum Gasteiger partial charge on any atom is -0.375 e. The van der Waals surface area contributed by atoms with Crippen LogP contribution in [0.4, 0.5) is 5.69 Å². The van der Waals surface area contributed by atoms with E-state index in [0.29, 0.717) is 12.2 Å².